The number of pyridine rings is 1. The fourth-order valence-electron chi connectivity index (χ4n) is 1.13. The molecule has 0 aliphatic heterocycles. The molecule has 0 bridgehead atoms. The molecule has 0 saturated heterocycles. The van der Waals surface area contributed by atoms with Gasteiger partial charge in [0.1, 0.15) is 0 Å². The summed E-state index contributed by atoms with van der Waals surface area (Å²) >= 11 is 0. The first-order valence-corrected chi connectivity index (χ1v) is 5.10. The highest BCUT2D eigenvalue weighted by Crippen LogP contribution is 2.07. The maximum absolute atomic E-state index is 11.1. The van der Waals surface area contributed by atoms with E-state index in [1.54, 1.807) is 12.5 Å². The molecule has 4 heteroatoms. The lowest BCUT2D eigenvalue weighted by molar-refractivity contribution is 0.679. The van der Waals surface area contributed by atoms with Crippen molar-refractivity contribution in [3.63, 3.8) is 0 Å². The molecule has 0 saturated carbocycles. The maximum Gasteiger partial charge on any atom is 0.203 e. The van der Waals surface area contributed by atoms with Gasteiger partial charge in [-0.2, -0.15) is 0 Å². The van der Waals surface area contributed by atoms with Gasteiger partial charge in [0.2, 0.25) is 5.16 Å². The lowest BCUT2D eigenvalue weighted by Gasteiger charge is -1.94. The summed E-state index contributed by atoms with van der Waals surface area (Å²) in [7, 11) is -1.02. The van der Waals surface area contributed by atoms with Crippen LogP contribution in [-0.2, 0) is 10.8 Å². The Kier molecular flexibility index (Phi) is 1.69. The van der Waals surface area contributed by atoms with Gasteiger partial charge in [-0.05, 0) is 12.1 Å². The van der Waals surface area contributed by atoms with Crippen LogP contribution in [0.15, 0.2) is 35.7 Å². The van der Waals surface area contributed by atoms with Crippen molar-refractivity contribution < 1.29 is 4.21 Å². The fraction of sp³-hybridized carbons (Fsp3) is 0.125. The summed E-state index contributed by atoms with van der Waals surface area (Å²) < 4.78 is 13.0. The predicted octanol–water partition coefficient (Wildman–Crippen LogP) is 1.07. The zero-order chi connectivity index (χ0) is 8.55. The Hall–Kier alpha value is -1.16. The lowest BCUT2D eigenvalue weighted by Crippen LogP contribution is -1.95. The number of nitrogens with zero attached hydrogens (tertiary/aromatic N) is 2. The summed E-state index contributed by atoms with van der Waals surface area (Å²) in [4.78, 5) is 4.06. The molecule has 0 aliphatic carbocycles. The lowest BCUT2D eigenvalue weighted by atomic mass is 10.4. The molecule has 1 atom stereocenters. The summed E-state index contributed by atoms with van der Waals surface area (Å²) in [6.07, 6.45) is 5.21. The molecule has 2 rings (SSSR count). The smallest absolute Gasteiger partial charge is 0.203 e. The van der Waals surface area contributed by atoms with Crippen molar-refractivity contribution in [2.75, 3.05) is 6.26 Å². The van der Waals surface area contributed by atoms with Crippen LogP contribution in [0.3, 0.4) is 0 Å². The van der Waals surface area contributed by atoms with E-state index in [1.165, 1.54) is 0 Å². The molecule has 2 heterocycles. The van der Waals surface area contributed by atoms with Gasteiger partial charge >= 0.3 is 0 Å². The van der Waals surface area contributed by atoms with E-state index in [9.17, 15) is 4.21 Å². The Morgan fingerprint density at radius 3 is 3.08 bits per heavy atom. The Morgan fingerprint density at radius 1 is 1.50 bits per heavy atom. The topological polar surface area (TPSA) is 34.4 Å². The molecule has 0 aromatic carbocycles. The highest BCUT2D eigenvalue weighted by atomic mass is 32.2. The first-order valence-electron chi connectivity index (χ1n) is 3.54. The molecular formula is C8H8N2OS. The monoisotopic (exact) mass is 180 g/mol. The van der Waals surface area contributed by atoms with Gasteiger partial charge in [0.15, 0.2) is 0 Å². The molecule has 2 aromatic rings. The third kappa shape index (κ3) is 1.04. The second kappa shape index (κ2) is 2.71. The first kappa shape index (κ1) is 7.49. The fourth-order valence-corrected chi connectivity index (χ4v) is 1.78. The second-order valence-corrected chi connectivity index (χ2v) is 3.76. The number of rotatable bonds is 1. The van der Waals surface area contributed by atoms with Crippen molar-refractivity contribution >= 4 is 16.3 Å². The minimum Gasteiger partial charge on any atom is -0.293 e. The molecule has 0 spiro atoms. The van der Waals surface area contributed by atoms with E-state index in [0.717, 1.165) is 5.52 Å². The third-order valence-electron chi connectivity index (χ3n) is 1.66. The van der Waals surface area contributed by atoms with Crippen molar-refractivity contribution in [3.8, 4) is 0 Å². The van der Waals surface area contributed by atoms with Gasteiger partial charge in [0.05, 0.1) is 22.5 Å². The minimum atomic E-state index is -1.02. The van der Waals surface area contributed by atoms with Gasteiger partial charge in [-0.3, -0.25) is 8.61 Å². The third-order valence-corrected chi connectivity index (χ3v) is 2.48. The van der Waals surface area contributed by atoms with Crippen LogP contribution < -0.4 is 0 Å². The largest absolute Gasteiger partial charge is 0.293 e. The molecule has 1 unspecified atom stereocenters. The van der Waals surface area contributed by atoms with Crippen LogP contribution >= 0.6 is 0 Å². The molecule has 0 amide bonds. The number of hydrogen-bond donors (Lipinski definition) is 0. The van der Waals surface area contributed by atoms with Gasteiger partial charge in [-0.1, -0.05) is 6.07 Å². The second-order valence-electron chi connectivity index (χ2n) is 2.49. The van der Waals surface area contributed by atoms with Crippen LogP contribution in [-0.4, -0.2) is 19.8 Å². The first-order chi connectivity index (χ1) is 5.79. The average Bonchev–Trinajstić information content (AvgIpc) is 2.47. The Bertz CT molecular complexity index is 435. The van der Waals surface area contributed by atoms with E-state index >= 15 is 0 Å². The van der Waals surface area contributed by atoms with Gasteiger partial charge in [0, 0.05) is 12.5 Å². The van der Waals surface area contributed by atoms with Crippen molar-refractivity contribution in [3.05, 3.63) is 30.6 Å². The van der Waals surface area contributed by atoms with E-state index in [2.05, 4.69) is 4.98 Å². The number of fused-ring (bicyclic) bond motifs is 1. The molecular weight excluding hydrogens is 172 g/mol. The number of imidazole rings is 1. The van der Waals surface area contributed by atoms with Crippen LogP contribution in [0.2, 0.25) is 0 Å². The standard InChI is InChI=1S/C8H8N2OS/c1-12(11)8-9-6-7-4-2-3-5-10(7)8/h2-6H,1H3. The van der Waals surface area contributed by atoms with Crippen LogP contribution in [0.1, 0.15) is 0 Å². The predicted molar refractivity (Wildman–Crippen MR) is 47.5 cm³/mol. The van der Waals surface area contributed by atoms with E-state index < -0.39 is 10.8 Å². The van der Waals surface area contributed by atoms with Gasteiger partial charge < -0.3 is 0 Å². The highest BCUT2D eigenvalue weighted by molar-refractivity contribution is 7.84. The summed E-state index contributed by atoms with van der Waals surface area (Å²) in [5, 5.41) is 0.602. The summed E-state index contributed by atoms with van der Waals surface area (Å²) in [5.74, 6) is 0. The van der Waals surface area contributed by atoms with E-state index in [4.69, 9.17) is 0 Å². The Labute approximate surface area is 72.5 Å². The van der Waals surface area contributed by atoms with Crippen molar-refractivity contribution in [2.45, 2.75) is 5.16 Å². The number of aromatic nitrogens is 2. The highest BCUT2D eigenvalue weighted by Gasteiger charge is 2.04. The van der Waals surface area contributed by atoms with Crippen LogP contribution in [0, 0.1) is 0 Å². The van der Waals surface area contributed by atoms with Crippen molar-refractivity contribution in [1.29, 1.82) is 0 Å². The zero-order valence-electron chi connectivity index (χ0n) is 6.60. The van der Waals surface area contributed by atoms with Crippen LogP contribution in [0.5, 0.6) is 0 Å². The molecule has 0 fully saturated rings. The zero-order valence-corrected chi connectivity index (χ0v) is 7.41. The molecule has 3 nitrogen and oxygen atoms in total. The molecule has 0 N–H and O–H groups in total. The normalized spacial score (nSPS) is 13.4. The molecule has 0 radical (unpaired) electrons. The van der Waals surface area contributed by atoms with Crippen molar-refractivity contribution in [1.82, 2.24) is 9.38 Å². The molecule has 0 aliphatic rings. The SMILES string of the molecule is CS(=O)c1ncc2ccccn12. The Morgan fingerprint density at radius 2 is 2.33 bits per heavy atom. The quantitative estimate of drug-likeness (QED) is 0.658. The average molecular weight is 180 g/mol. The summed E-state index contributed by atoms with van der Waals surface area (Å²) in [5.41, 5.74) is 0.975. The van der Waals surface area contributed by atoms with Gasteiger partial charge in [-0.15, -0.1) is 0 Å². The van der Waals surface area contributed by atoms with Gasteiger partial charge in [-0.25, -0.2) is 4.98 Å². The van der Waals surface area contributed by atoms with E-state index in [0.29, 0.717) is 5.16 Å². The molecule has 12 heavy (non-hydrogen) atoms. The maximum atomic E-state index is 11.1. The van der Waals surface area contributed by atoms with Crippen LogP contribution in [0.25, 0.3) is 5.52 Å². The molecule has 2 aromatic heterocycles. The van der Waals surface area contributed by atoms with Gasteiger partial charge in [0.25, 0.3) is 0 Å². The van der Waals surface area contributed by atoms with E-state index in [1.807, 2.05) is 28.8 Å². The Balaban J connectivity index is 2.79. The van der Waals surface area contributed by atoms with Crippen LogP contribution in [0.4, 0.5) is 0 Å². The minimum absolute atomic E-state index is 0.602. The number of hydrogen-bond acceptors (Lipinski definition) is 2. The summed E-state index contributed by atoms with van der Waals surface area (Å²) in [6.45, 7) is 0. The molecule has 62 valence electrons. The summed E-state index contributed by atoms with van der Waals surface area (Å²) in [6, 6.07) is 5.76. The van der Waals surface area contributed by atoms with Crippen molar-refractivity contribution in [2.24, 2.45) is 0 Å². The van der Waals surface area contributed by atoms with E-state index in [-0.39, 0.29) is 0 Å².